The molecule has 0 amide bonds. The van der Waals surface area contributed by atoms with E-state index in [2.05, 4.69) is 5.32 Å². The number of halogens is 3. The maximum Gasteiger partial charge on any atom is 0.403 e. The minimum Gasteiger partial charge on any atom is -0.481 e. The minimum atomic E-state index is -4.69. The summed E-state index contributed by atoms with van der Waals surface area (Å²) in [4.78, 5) is 10.6. The van der Waals surface area contributed by atoms with Gasteiger partial charge in [0.05, 0.1) is 0 Å². The largest absolute Gasteiger partial charge is 0.481 e. The van der Waals surface area contributed by atoms with Gasteiger partial charge in [-0.3, -0.25) is 4.79 Å². The van der Waals surface area contributed by atoms with Gasteiger partial charge in [0.1, 0.15) is 0 Å². The van der Waals surface area contributed by atoms with Crippen molar-refractivity contribution in [2.75, 3.05) is 6.54 Å². The fourth-order valence-electron chi connectivity index (χ4n) is 2.31. The number of carboxylic acids is 1. The molecule has 0 heterocycles. The Labute approximate surface area is 98.4 Å². The molecule has 0 radical (unpaired) electrons. The highest BCUT2D eigenvalue weighted by atomic mass is 19.4. The molecule has 0 aromatic carbocycles. The molecule has 1 aliphatic rings. The molecule has 0 aromatic heterocycles. The van der Waals surface area contributed by atoms with E-state index in [0.717, 1.165) is 19.3 Å². The van der Waals surface area contributed by atoms with Crippen LogP contribution in [0.1, 0.15) is 33.1 Å². The van der Waals surface area contributed by atoms with Gasteiger partial charge in [-0.25, -0.2) is 0 Å². The molecule has 0 bridgehead atoms. The molecule has 17 heavy (non-hydrogen) atoms. The highest BCUT2D eigenvalue weighted by Crippen LogP contribution is 2.37. The Kier molecular flexibility index (Phi) is 4.06. The molecule has 1 rings (SSSR count). The first-order chi connectivity index (χ1) is 7.64. The average Bonchev–Trinajstić information content (AvgIpc) is 2.43. The standard InChI is InChI=1S/C11H18F3NO2/c1-10(2)5-3-4-8(10)15-6-7(9(16)17)11(12,13)14/h7-8,15H,3-6H2,1-2H3,(H,16,17). The van der Waals surface area contributed by atoms with E-state index in [9.17, 15) is 18.0 Å². The van der Waals surface area contributed by atoms with Crippen LogP contribution < -0.4 is 5.32 Å². The first-order valence-electron chi connectivity index (χ1n) is 5.67. The number of carboxylic acid groups (broad SMARTS) is 1. The van der Waals surface area contributed by atoms with Crippen molar-refractivity contribution in [2.45, 2.75) is 45.3 Å². The Bertz CT molecular complexity index is 289. The van der Waals surface area contributed by atoms with Gasteiger partial charge in [-0.2, -0.15) is 13.2 Å². The van der Waals surface area contributed by atoms with Crippen LogP contribution in [0.15, 0.2) is 0 Å². The van der Waals surface area contributed by atoms with Crippen molar-refractivity contribution >= 4 is 5.97 Å². The number of alkyl halides is 3. The summed E-state index contributed by atoms with van der Waals surface area (Å²) in [5, 5.41) is 11.3. The summed E-state index contributed by atoms with van der Waals surface area (Å²) >= 11 is 0. The van der Waals surface area contributed by atoms with Crippen molar-refractivity contribution in [3.05, 3.63) is 0 Å². The highest BCUT2D eigenvalue weighted by molar-refractivity contribution is 5.71. The number of hydrogen-bond donors (Lipinski definition) is 2. The molecule has 0 spiro atoms. The number of hydrogen-bond acceptors (Lipinski definition) is 2. The molecule has 1 fully saturated rings. The molecular formula is C11H18F3NO2. The zero-order chi connectivity index (χ0) is 13.3. The van der Waals surface area contributed by atoms with E-state index < -0.39 is 24.6 Å². The summed E-state index contributed by atoms with van der Waals surface area (Å²) in [6, 6.07) is -0.0355. The Morgan fingerprint density at radius 2 is 2.12 bits per heavy atom. The van der Waals surface area contributed by atoms with Gasteiger partial charge in [0.25, 0.3) is 0 Å². The molecule has 1 aliphatic carbocycles. The molecule has 3 nitrogen and oxygen atoms in total. The van der Waals surface area contributed by atoms with E-state index in [1.54, 1.807) is 0 Å². The minimum absolute atomic E-state index is 0.0355. The summed E-state index contributed by atoms with van der Waals surface area (Å²) in [5.74, 6) is -4.14. The Morgan fingerprint density at radius 3 is 2.47 bits per heavy atom. The van der Waals surface area contributed by atoms with E-state index in [-0.39, 0.29) is 11.5 Å². The number of nitrogens with one attached hydrogen (secondary N) is 1. The van der Waals surface area contributed by atoms with Crippen molar-refractivity contribution in [3.63, 3.8) is 0 Å². The second kappa shape index (κ2) is 4.84. The van der Waals surface area contributed by atoms with Crippen LogP contribution in [0, 0.1) is 11.3 Å². The van der Waals surface area contributed by atoms with Crippen LogP contribution in [-0.2, 0) is 4.79 Å². The summed E-state index contributed by atoms with van der Waals surface area (Å²) in [6.45, 7) is 3.43. The lowest BCUT2D eigenvalue weighted by molar-refractivity contribution is -0.192. The van der Waals surface area contributed by atoms with Gasteiger partial charge in [0.2, 0.25) is 0 Å². The molecule has 100 valence electrons. The van der Waals surface area contributed by atoms with Gasteiger partial charge >= 0.3 is 12.1 Å². The topological polar surface area (TPSA) is 49.3 Å². The van der Waals surface area contributed by atoms with Gasteiger partial charge < -0.3 is 10.4 Å². The number of aliphatic carboxylic acids is 1. The van der Waals surface area contributed by atoms with Crippen molar-refractivity contribution in [2.24, 2.45) is 11.3 Å². The fraction of sp³-hybridized carbons (Fsp3) is 0.909. The zero-order valence-corrected chi connectivity index (χ0v) is 9.97. The molecule has 2 N–H and O–H groups in total. The lowest BCUT2D eigenvalue weighted by Gasteiger charge is -2.29. The third-order valence-electron chi connectivity index (χ3n) is 3.52. The molecule has 0 saturated heterocycles. The first-order valence-corrected chi connectivity index (χ1v) is 5.67. The Balaban J connectivity index is 2.56. The Hall–Kier alpha value is -0.780. The smallest absolute Gasteiger partial charge is 0.403 e. The number of carbonyl (C=O) groups is 1. The fourth-order valence-corrected chi connectivity index (χ4v) is 2.31. The molecule has 0 aliphatic heterocycles. The second-order valence-electron chi connectivity index (χ2n) is 5.27. The van der Waals surface area contributed by atoms with E-state index in [4.69, 9.17) is 5.11 Å². The van der Waals surface area contributed by atoms with Crippen molar-refractivity contribution in [3.8, 4) is 0 Å². The summed E-state index contributed by atoms with van der Waals surface area (Å²) in [6.07, 6.45) is -1.97. The van der Waals surface area contributed by atoms with E-state index in [1.165, 1.54) is 0 Å². The van der Waals surface area contributed by atoms with Crippen LogP contribution in [0.3, 0.4) is 0 Å². The van der Waals surface area contributed by atoms with Gasteiger partial charge in [-0.1, -0.05) is 20.3 Å². The van der Waals surface area contributed by atoms with E-state index in [1.807, 2.05) is 13.8 Å². The van der Waals surface area contributed by atoms with Gasteiger partial charge in [-0.05, 0) is 18.3 Å². The van der Waals surface area contributed by atoms with Crippen LogP contribution in [0.5, 0.6) is 0 Å². The molecule has 6 heteroatoms. The molecule has 2 atom stereocenters. The van der Waals surface area contributed by atoms with Crippen LogP contribution in [0.25, 0.3) is 0 Å². The third-order valence-corrected chi connectivity index (χ3v) is 3.52. The summed E-state index contributed by atoms with van der Waals surface area (Å²) in [7, 11) is 0. The molecule has 0 aromatic rings. The highest BCUT2D eigenvalue weighted by Gasteiger charge is 2.46. The van der Waals surface area contributed by atoms with Crippen molar-refractivity contribution in [1.82, 2.24) is 5.32 Å². The van der Waals surface area contributed by atoms with Crippen molar-refractivity contribution in [1.29, 1.82) is 0 Å². The van der Waals surface area contributed by atoms with Crippen LogP contribution in [0.2, 0.25) is 0 Å². The lowest BCUT2D eigenvalue weighted by atomic mass is 9.87. The van der Waals surface area contributed by atoms with Crippen LogP contribution in [0.4, 0.5) is 13.2 Å². The quantitative estimate of drug-likeness (QED) is 0.809. The SMILES string of the molecule is CC1(C)CCCC1NCC(C(=O)O)C(F)(F)F. The van der Waals surface area contributed by atoms with E-state index in [0.29, 0.717) is 0 Å². The van der Waals surface area contributed by atoms with Crippen molar-refractivity contribution < 1.29 is 23.1 Å². The summed E-state index contributed by atoms with van der Waals surface area (Å²) in [5.41, 5.74) is -0.0609. The Morgan fingerprint density at radius 1 is 1.53 bits per heavy atom. The third kappa shape index (κ3) is 3.59. The normalized spacial score (nSPS) is 25.8. The predicted molar refractivity (Wildman–Crippen MR) is 56.6 cm³/mol. The molecule has 2 unspecified atom stereocenters. The van der Waals surface area contributed by atoms with Gasteiger partial charge in [-0.15, -0.1) is 0 Å². The van der Waals surface area contributed by atoms with Crippen LogP contribution >= 0.6 is 0 Å². The molecular weight excluding hydrogens is 235 g/mol. The van der Waals surface area contributed by atoms with Crippen LogP contribution in [-0.4, -0.2) is 29.8 Å². The van der Waals surface area contributed by atoms with Gasteiger partial charge in [0.15, 0.2) is 5.92 Å². The summed E-state index contributed by atoms with van der Waals surface area (Å²) < 4.78 is 37.2. The second-order valence-corrected chi connectivity index (χ2v) is 5.27. The maximum absolute atomic E-state index is 12.4. The first kappa shape index (κ1) is 14.3. The monoisotopic (exact) mass is 253 g/mol. The zero-order valence-electron chi connectivity index (χ0n) is 9.97. The predicted octanol–water partition coefficient (Wildman–Crippen LogP) is 2.42. The lowest BCUT2D eigenvalue weighted by Crippen LogP contribution is -2.45. The van der Waals surface area contributed by atoms with E-state index >= 15 is 0 Å². The molecule has 1 saturated carbocycles. The number of rotatable bonds is 4. The maximum atomic E-state index is 12.4. The van der Waals surface area contributed by atoms with Gasteiger partial charge in [0, 0.05) is 12.6 Å². The average molecular weight is 253 g/mol.